The first-order chi connectivity index (χ1) is 12.0. The normalized spacial score (nSPS) is 21.3. The summed E-state index contributed by atoms with van der Waals surface area (Å²) < 4.78 is 11.2. The Hall–Kier alpha value is -2.25. The lowest BCUT2D eigenvalue weighted by Gasteiger charge is -2.37. The van der Waals surface area contributed by atoms with Gasteiger partial charge in [0.05, 0.1) is 12.7 Å². The third-order valence-electron chi connectivity index (χ3n) is 4.36. The molecule has 1 amide bonds. The molecule has 134 valence electrons. The van der Waals surface area contributed by atoms with Crippen molar-refractivity contribution in [3.63, 3.8) is 0 Å². The minimum atomic E-state index is -0.0943. The van der Waals surface area contributed by atoms with Gasteiger partial charge in [-0.1, -0.05) is 17.3 Å². The lowest BCUT2D eigenvalue weighted by atomic mass is 10.1. The van der Waals surface area contributed by atoms with E-state index in [0.717, 1.165) is 12.1 Å². The van der Waals surface area contributed by atoms with Gasteiger partial charge in [0.25, 0.3) is 5.91 Å². The molecule has 1 fully saturated rings. The number of nitrogens with zero attached hydrogens (tertiary/aromatic N) is 4. The first-order valence-corrected chi connectivity index (χ1v) is 8.42. The third kappa shape index (κ3) is 3.88. The molecule has 0 N–H and O–H groups in total. The van der Waals surface area contributed by atoms with Crippen molar-refractivity contribution < 1.29 is 14.1 Å². The lowest BCUT2D eigenvalue weighted by Crippen LogP contribution is -2.43. The molecule has 2 heterocycles. The smallest absolute Gasteiger partial charge is 0.253 e. The molecule has 1 aliphatic rings. The van der Waals surface area contributed by atoms with E-state index >= 15 is 0 Å². The first-order valence-electron chi connectivity index (χ1n) is 8.42. The highest BCUT2D eigenvalue weighted by molar-refractivity contribution is 5.94. The van der Waals surface area contributed by atoms with E-state index in [4.69, 9.17) is 9.26 Å². The second kappa shape index (κ2) is 7.33. The monoisotopic (exact) mass is 344 g/mol. The van der Waals surface area contributed by atoms with Crippen LogP contribution in [0.15, 0.2) is 28.8 Å². The van der Waals surface area contributed by atoms with Crippen LogP contribution in [0.3, 0.4) is 0 Å². The number of hydrogen-bond donors (Lipinski definition) is 0. The number of carbonyl (C=O) groups excluding carboxylic acids is 1. The number of ether oxygens (including phenoxy) is 1. The highest BCUT2D eigenvalue weighted by Crippen LogP contribution is 2.30. The average Bonchev–Trinajstić information content (AvgIpc) is 3.00. The molecule has 0 unspecified atom stereocenters. The van der Waals surface area contributed by atoms with Crippen molar-refractivity contribution in [3.05, 3.63) is 47.1 Å². The Labute approximate surface area is 147 Å². The van der Waals surface area contributed by atoms with Crippen molar-refractivity contribution in [2.45, 2.75) is 32.5 Å². The zero-order valence-corrected chi connectivity index (χ0v) is 15.1. The predicted octanol–water partition coefficient (Wildman–Crippen LogP) is 2.04. The molecule has 0 radical (unpaired) electrons. The molecule has 0 spiro atoms. The van der Waals surface area contributed by atoms with Crippen molar-refractivity contribution in [1.29, 1.82) is 0 Å². The van der Waals surface area contributed by atoms with E-state index in [1.165, 1.54) is 0 Å². The topological polar surface area (TPSA) is 71.7 Å². The van der Waals surface area contributed by atoms with E-state index < -0.39 is 0 Å². The standard InChI is InChI=1S/C18H24N4O3/c1-12-16(17-19-13(2)20-25-17)22(8-9-24-12)11-14-6-5-7-15(10-14)18(23)21(3)4/h5-7,10,12,16H,8-9,11H2,1-4H3/t12-,16+/m1/s1. The van der Waals surface area contributed by atoms with Crippen LogP contribution in [0, 0.1) is 6.92 Å². The van der Waals surface area contributed by atoms with Crippen molar-refractivity contribution >= 4 is 5.91 Å². The molecule has 25 heavy (non-hydrogen) atoms. The summed E-state index contributed by atoms with van der Waals surface area (Å²) in [4.78, 5) is 20.4. The predicted molar refractivity (Wildman–Crippen MR) is 92.1 cm³/mol. The van der Waals surface area contributed by atoms with Gasteiger partial charge in [-0.3, -0.25) is 9.69 Å². The zero-order chi connectivity index (χ0) is 18.0. The van der Waals surface area contributed by atoms with E-state index in [0.29, 0.717) is 30.4 Å². The average molecular weight is 344 g/mol. The molecule has 1 aromatic carbocycles. The van der Waals surface area contributed by atoms with Gasteiger partial charge in [-0.2, -0.15) is 4.98 Å². The van der Waals surface area contributed by atoms with Gasteiger partial charge in [0.2, 0.25) is 5.89 Å². The Bertz CT molecular complexity index is 743. The lowest BCUT2D eigenvalue weighted by molar-refractivity contribution is -0.0763. The van der Waals surface area contributed by atoms with E-state index in [1.807, 2.05) is 38.1 Å². The first kappa shape index (κ1) is 17.6. The molecule has 0 saturated carbocycles. The molecule has 2 atom stereocenters. The minimum absolute atomic E-state index is 0.00118. The largest absolute Gasteiger partial charge is 0.375 e. The summed E-state index contributed by atoms with van der Waals surface area (Å²) in [6, 6.07) is 7.64. The van der Waals surface area contributed by atoms with E-state index in [1.54, 1.807) is 19.0 Å². The maximum atomic E-state index is 12.2. The number of benzene rings is 1. The SMILES string of the molecule is Cc1noc([C@@H]2[C@@H](C)OCCN2Cc2cccc(C(=O)N(C)C)c2)n1. The Balaban J connectivity index is 1.82. The molecule has 0 bridgehead atoms. The van der Waals surface area contributed by atoms with Crippen LogP contribution in [0.5, 0.6) is 0 Å². The summed E-state index contributed by atoms with van der Waals surface area (Å²) in [7, 11) is 3.51. The Morgan fingerprint density at radius 1 is 1.40 bits per heavy atom. The number of hydrogen-bond acceptors (Lipinski definition) is 6. The summed E-state index contributed by atoms with van der Waals surface area (Å²) in [6.45, 7) is 5.93. The maximum Gasteiger partial charge on any atom is 0.253 e. The maximum absolute atomic E-state index is 12.2. The van der Waals surface area contributed by atoms with Crippen LogP contribution in [0.25, 0.3) is 0 Å². The third-order valence-corrected chi connectivity index (χ3v) is 4.36. The van der Waals surface area contributed by atoms with Crippen molar-refractivity contribution in [3.8, 4) is 0 Å². The van der Waals surface area contributed by atoms with Crippen molar-refractivity contribution in [2.24, 2.45) is 0 Å². The Morgan fingerprint density at radius 3 is 2.88 bits per heavy atom. The van der Waals surface area contributed by atoms with Crippen LogP contribution in [0.1, 0.15) is 40.6 Å². The summed E-state index contributed by atoms with van der Waals surface area (Å²) in [6.07, 6.45) is -0.0415. The van der Waals surface area contributed by atoms with E-state index in [-0.39, 0.29) is 18.1 Å². The fourth-order valence-electron chi connectivity index (χ4n) is 3.15. The minimum Gasteiger partial charge on any atom is -0.375 e. The van der Waals surface area contributed by atoms with Gasteiger partial charge in [0, 0.05) is 32.7 Å². The molecule has 1 saturated heterocycles. The van der Waals surface area contributed by atoms with Crippen LogP contribution < -0.4 is 0 Å². The van der Waals surface area contributed by atoms with E-state index in [2.05, 4.69) is 15.0 Å². The van der Waals surface area contributed by atoms with Gasteiger partial charge in [-0.15, -0.1) is 0 Å². The van der Waals surface area contributed by atoms with Gasteiger partial charge in [-0.05, 0) is 31.5 Å². The highest BCUT2D eigenvalue weighted by Gasteiger charge is 2.35. The van der Waals surface area contributed by atoms with Crippen LogP contribution in [-0.4, -0.2) is 59.2 Å². The van der Waals surface area contributed by atoms with Gasteiger partial charge < -0.3 is 14.2 Å². The fraction of sp³-hybridized carbons (Fsp3) is 0.500. The molecular weight excluding hydrogens is 320 g/mol. The van der Waals surface area contributed by atoms with Gasteiger partial charge >= 0.3 is 0 Å². The van der Waals surface area contributed by atoms with Gasteiger partial charge in [-0.25, -0.2) is 0 Å². The van der Waals surface area contributed by atoms with Crippen molar-refractivity contribution in [2.75, 3.05) is 27.2 Å². The summed E-state index contributed by atoms with van der Waals surface area (Å²) in [5.74, 6) is 1.19. The van der Waals surface area contributed by atoms with Crippen LogP contribution in [-0.2, 0) is 11.3 Å². The summed E-state index contributed by atoms with van der Waals surface area (Å²) in [5.41, 5.74) is 1.76. The summed E-state index contributed by atoms with van der Waals surface area (Å²) >= 11 is 0. The number of aryl methyl sites for hydroxylation is 1. The molecule has 7 nitrogen and oxygen atoms in total. The second-order valence-electron chi connectivity index (χ2n) is 6.57. The Morgan fingerprint density at radius 2 is 2.20 bits per heavy atom. The van der Waals surface area contributed by atoms with Crippen LogP contribution >= 0.6 is 0 Å². The molecule has 1 aromatic heterocycles. The molecule has 2 aromatic rings. The second-order valence-corrected chi connectivity index (χ2v) is 6.57. The quantitative estimate of drug-likeness (QED) is 0.845. The molecule has 7 heteroatoms. The number of aromatic nitrogens is 2. The fourth-order valence-corrected chi connectivity index (χ4v) is 3.15. The number of morpholine rings is 1. The molecular formula is C18H24N4O3. The van der Waals surface area contributed by atoms with Crippen LogP contribution in [0.2, 0.25) is 0 Å². The summed E-state index contributed by atoms with van der Waals surface area (Å²) in [5, 5.41) is 3.91. The molecule has 0 aliphatic carbocycles. The van der Waals surface area contributed by atoms with Gasteiger partial charge in [0.1, 0.15) is 6.04 Å². The molecule has 1 aliphatic heterocycles. The highest BCUT2D eigenvalue weighted by atomic mass is 16.5. The Kier molecular flexibility index (Phi) is 5.15. The number of carbonyl (C=O) groups is 1. The van der Waals surface area contributed by atoms with Crippen LogP contribution in [0.4, 0.5) is 0 Å². The van der Waals surface area contributed by atoms with E-state index in [9.17, 15) is 4.79 Å². The molecule has 3 rings (SSSR count). The van der Waals surface area contributed by atoms with Crippen molar-refractivity contribution in [1.82, 2.24) is 19.9 Å². The zero-order valence-electron chi connectivity index (χ0n) is 15.1. The number of rotatable bonds is 4. The van der Waals surface area contributed by atoms with Gasteiger partial charge in [0.15, 0.2) is 5.82 Å². The number of amides is 1.